The van der Waals surface area contributed by atoms with E-state index in [1.165, 1.54) is 0 Å². The number of carbonyl (C=O) groups is 3. The number of carboxylic acids is 1. The summed E-state index contributed by atoms with van der Waals surface area (Å²) in [5.41, 5.74) is 4.17. The maximum Gasteiger partial charge on any atom is 0.338 e. The summed E-state index contributed by atoms with van der Waals surface area (Å²) in [6.45, 7) is 15.0. The molecular formula is C32H42N6O6. The number of aromatic carboxylic acids is 1. The molecule has 12 heteroatoms. The normalized spacial score (nSPS) is 21.0. The number of amides is 2. The molecule has 3 N–H and O–H groups in total. The number of aromatic nitrogens is 1. The van der Waals surface area contributed by atoms with Crippen molar-refractivity contribution >= 4 is 40.9 Å². The van der Waals surface area contributed by atoms with Gasteiger partial charge in [-0.15, -0.1) is 9.81 Å². The number of nitrogens with one attached hydrogen (secondary N) is 2. The minimum Gasteiger partial charge on any atom is -0.478 e. The number of nitrogens with zero attached hydrogens (tertiary/aromatic N) is 4. The fraction of sp³-hybridized carbons (Fsp3) is 0.531. The van der Waals surface area contributed by atoms with Gasteiger partial charge in [0.2, 0.25) is 0 Å². The van der Waals surface area contributed by atoms with Crippen molar-refractivity contribution < 1.29 is 19.5 Å². The quantitative estimate of drug-likeness (QED) is 0.232. The number of aromatic amines is 1. The molecule has 0 unspecified atom stereocenters. The molecule has 2 aliphatic rings. The number of hydrogen-bond acceptors (Lipinski definition) is 8. The largest absolute Gasteiger partial charge is 0.478 e. The molecule has 1 aromatic heterocycles. The molecule has 0 radical (unpaired) electrons. The van der Waals surface area contributed by atoms with Crippen molar-refractivity contribution in [3.8, 4) is 0 Å². The Hall–Kier alpha value is -4.35. The molecule has 0 bridgehead atoms. The Kier molecular flexibility index (Phi) is 11.2. The van der Waals surface area contributed by atoms with Gasteiger partial charge in [-0.1, -0.05) is 27.7 Å². The van der Waals surface area contributed by atoms with Gasteiger partial charge in [0.15, 0.2) is 0 Å². The molecule has 44 heavy (non-hydrogen) atoms. The molecule has 3 heterocycles. The first kappa shape index (κ1) is 34.1. The Morgan fingerprint density at radius 2 is 1.80 bits per heavy atom. The van der Waals surface area contributed by atoms with E-state index >= 15 is 0 Å². The Bertz CT molecular complexity index is 1610. The van der Waals surface area contributed by atoms with Crippen LogP contribution in [-0.4, -0.2) is 52.4 Å². The van der Waals surface area contributed by atoms with E-state index in [1.807, 2.05) is 39.8 Å². The van der Waals surface area contributed by atoms with Crippen LogP contribution < -0.4 is 16.0 Å². The molecule has 0 aliphatic carbocycles. The Labute approximate surface area is 256 Å². The third kappa shape index (κ3) is 7.40. The van der Waals surface area contributed by atoms with Gasteiger partial charge >= 0.3 is 5.97 Å². The zero-order chi connectivity index (χ0) is 32.8. The summed E-state index contributed by atoms with van der Waals surface area (Å²) in [5, 5.41) is 19.5. The van der Waals surface area contributed by atoms with Gasteiger partial charge in [-0.2, -0.15) is 0 Å². The van der Waals surface area contributed by atoms with Gasteiger partial charge in [0.1, 0.15) is 0 Å². The summed E-state index contributed by atoms with van der Waals surface area (Å²) in [7, 11) is 0. The van der Waals surface area contributed by atoms with Crippen LogP contribution in [0.2, 0.25) is 0 Å². The SMILES string of the molecule is CCN=C(/C=c1\[nH]/c(=C(/CC(=O)N=O)C2=N/C(=C\C3=C(C)CCN3)[C@@H](C)[C@@H]2CCC(=O)N=O)c(C(=O)O)c1C)C(C)(C)CC. The van der Waals surface area contributed by atoms with Crippen molar-refractivity contribution in [2.45, 2.75) is 80.6 Å². The minimum absolute atomic E-state index is 0.0664. The number of hydrogen-bond donors (Lipinski definition) is 3. The zero-order valence-electron chi connectivity index (χ0n) is 26.5. The van der Waals surface area contributed by atoms with Crippen molar-refractivity contribution in [3.05, 3.63) is 54.7 Å². The summed E-state index contributed by atoms with van der Waals surface area (Å²) in [6.07, 6.45) is 4.94. The average Bonchev–Trinajstić information content (AvgIpc) is 3.64. The Morgan fingerprint density at radius 3 is 2.34 bits per heavy atom. The predicted molar refractivity (Wildman–Crippen MR) is 171 cm³/mol. The highest BCUT2D eigenvalue weighted by Crippen LogP contribution is 2.38. The monoisotopic (exact) mass is 606 g/mol. The Balaban J connectivity index is 2.43. The van der Waals surface area contributed by atoms with Crippen LogP contribution in [0.25, 0.3) is 11.6 Å². The van der Waals surface area contributed by atoms with Crippen LogP contribution in [0.1, 0.15) is 89.6 Å². The second-order valence-electron chi connectivity index (χ2n) is 12.0. The number of allylic oxidation sites excluding steroid dienone is 2. The maximum absolute atomic E-state index is 12.7. The van der Waals surface area contributed by atoms with Crippen LogP contribution in [0.3, 0.4) is 0 Å². The molecule has 0 aromatic carbocycles. The van der Waals surface area contributed by atoms with Crippen molar-refractivity contribution in [3.63, 3.8) is 0 Å². The third-order valence-electron chi connectivity index (χ3n) is 8.74. The first-order valence-electron chi connectivity index (χ1n) is 15.0. The number of rotatable bonds is 12. The van der Waals surface area contributed by atoms with Gasteiger partial charge in [-0.25, -0.2) is 4.79 Å². The van der Waals surface area contributed by atoms with Gasteiger partial charge < -0.3 is 15.4 Å². The van der Waals surface area contributed by atoms with Crippen LogP contribution in [0, 0.1) is 34.0 Å². The highest BCUT2D eigenvalue weighted by Gasteiger charge is 2.36. The molecule has 236 valence electrons. The highest BCUT2D eigenvalue weighted by atomic mass is 16.4. The topological polar surface area (TPSA) is 183 Å². The van der Waals surface area contributed by atoms with Gasteiger partial charge in [0.05, 0.1) is 23.0 Å². The molecule has 0 fully saturated rings. The molecule has 3 rings (SSSR count). The van der Waals surface area contributed by atoms with E-state index in [0.717, 1.165) is 36.4 Å². The summed E-state index contributed by atoms with van der Waals surface area (Å²) in [4.78, 5) is 72.3. The number of H-pyrrole nitrogens is 1. The van der Waals surface area contributed by atoms with E-state index in [1.54, 1.807) is 6.92 Å². The number of nitroso groups, excluding NO2 is 2. The van der Waals surface area contributed by atoms with Crippen molar-refractivity contribution in [2.75, 3.05) is 13.1 Å². The van der Waals surface area contributed by atoms with Crippen LogP contribution in [0.4, 0.5) is 0 Å². The van der Waals surface area contributed by atoms with Crippen molar-refractivity contribution in [1.29, 1.82) is 0 Å². The average molecular weight is 607 g/mol. The van der Waals surface area contributed by atoms with E-state index in [4.69, 9.17) is 4.99 Å². The van der Waals surface area contributed by atoms with E-state index in [9.17, 15) is 29.3 Å². The number of carboxylic acid groups (broad SMARTS) is 1. The molecule has 0 spiro atoms. The molecule has 2 amide bonds. The van der Waals surface area contributed by atoms with Crippen molar-refractivity contribution in [2.24, 2.45) is 37.6 Å². The molecular weight excluding hydrogens is 564 g/mol. The van der Waals surface area contributed by atoms with Gasteiger partial charge in [0, 0.05) is 75.1 Å². The van der Waals surface area contributed by atoms with Gasteiger partial charge in [-0.05, 0) is 63.3 Å². The first-order valence-corrected chi connectivity index (χ1v) is 15.0. The smallest absolute Gasteiger partial charge is 0.338 e. The lowest BCUT2D eigenvalue weighted by molar-refractivity contribution is -0.118. The third-order valence-corrected chi connectivity index (χ3v) is 8.74. The van der Waals surface area contributed by atoms with E-state index in [-0.39, 0.29) is 40.7 Å². The minimum atomic E-state index is -1.23. The standard InChI is InChI=1S/C32H42N6O6/c1-8-32(6,7)25(33-9-2)16-24-19(5)28(31(41)42)30(36-24)21(14-27(40)38-44)29-20(10-11-26(39)37-43)18(4)23(35-29)15-22-17(3)12-13-34-22/h15-16,18,20,34,36H,8-14H2,1-7H3,(H,41,42)/b23-15-,24-16-,30-21-,33-25?/t18-,20-/m0/s1. The summed E-state index contributed by atoms with van der Waals surface area (Å²) >= 11 is 0. The second kappa shape index (κ2) is 14.4. The summed E-state index contributed by atoms with van der Waals surface area (Å²) in [5.74, 6) is -3.78. The van der Waals surface area contributed by atoms with Gasteiger partial charge in [0.25, 0.3) is 11.8 Å². The molecule has 0 saturated carbocycles. The van der Waals surface area contributed by atoms with E-state index < -0.39 is 30.1 Å². The molecule has 1 aromatic rings. The lowest BCUT2D eigenvalue weighted by Crippen LogP contribution is -2.28. The maximum atomic E-state index is 12.7. The van der Waals surface area contributed by atoms with Crippen LogP contribution in [0.15, 0.2) is 43.4 Å². The number of aliphatic imine (C=N–C) groups is 2. The van der Waals surface area contributed by atoms with Crippen LogP contribution >= 0.6 is 0 Å². The molecule has 12 nitrogen and oxygen atoms in total. The molecule has 2 aliphatic heterocycles. The first-order chi connectivity index (χ1) is 20.8. The Morgan fingerprint density at radius 1 is 1.11 bits per heavy atom. The summed E-state index contributed by atoms with van der Waals surface area (Å²) < 4.78 is 0. The van der Waals surface area contributed by atoms with Crippen LogP contribution in [-0.2, 0) is 9.59 Å². The number of carbonyl (C=O) groups excluding carboxylic acids is 2. The second-order valence-corrected chi connectivity index (χ2v) is 12.0. The fourth-order valence-corrected chi connectivity index (χ4v) is 5.61. The molecule has 0 saturated heterocycles. The summed E-state index contributed by atoms with van der Waals surface area (Å²) in [6, 6.07) is 0. The van der Waals surface area contributed by atoms with E-state index in [2.05, 4.69) is 39.5 Å². The fourth-order valence-electron chi connectivity index (χ4n) is 5.61. The van der Waals surface area contributed by atoms with Gasteiger partial charge in [-0.3, -0.25) is 19.6 Å². The lowest BCUT2D eigenvalue weighted by Gasteiger charge is -2.23. The van der Waals surface area contributed by atoms with Crippen LogP contribution in [0.5, 0.6) is 0 Å². The van der Waals surface area contributed by atoms with Crippen molar-refractivity contribution in [1.82, 2.24) is 10.3 Å². The van der Waals surface area contributed by atoms with E-state index in [0.29, 0.717) is 28.9 Å². The predicted octanol–water partition coefficient (Wildman–Crippen LogP) is 4.46. The molecule has 2 atom stereocenters. The zero-order valence-corrected chi connectivity index (χ0v) is 26.5. The highest BCUT2D eigenvalue weighted by molar-refractivity contribution is 6.24. The lowest BCUT2D eigenvalue weighted by atomic mass is 9.82.